The predicted octanol–water partition coefficient (Wildman–Crippen LogP) is 0.0938. The molecule has 0 saturated carbocycles. The Kier molecular flexibility index (Phi) is 4.11. The monoisotopic (exact) mass is 411 g/mol. The number of carboxylic acid groups (broad SMARTS) is 1. The number of carbonyl (C=O) groups is 1. The second-order valence-electron chi connectivity index (χ2n) is 3.02. The maximum atomic E-state index is 13.1. The van der Waals surface area contributed by atoms with Gasteiger partial charge in [-0.1, -0.05) is 0 Å². The van der Waals surface area contributed by atoms with Gasteiger partial charge in [0.1, 0.15) is 0 Å². The Morgan fingerprint density at radius 2 is 1.93 bits per heavy atom. The van der Waals surface area contributed by atoms with Crippen LogP contribution in [0.3, 0.4) is 0 Å². The Bertz CT molecular complexity index is 375. The molecule has 0 saturated heterocycles. The van der Waals surface area contributed by atoms with E-state index in [1.807, 2.05) is 0 Å². The molecule has 0 aliphatic heterocycles. The van der Waals surface area contributed by atoms with Crippen LogP contribution in [0.25, 0.3) is 0 Å². The first-order valence-electron chi connectivity index (χ1n) is 4.03. The van der Waals surface area contributed by atoms with Gasteiger partial charge in [-0.2, -0.15) is 0 Å². The Balaban J connectivity index is 2.92. The summed E-state index contributed by atoms with van der Waals surface area (Å²) in [6.07, 6.45) is -0.0876. The molecule has 0 heterocycles. The van der Waals surface area contributed by atoms with Crippen molar-refractivity contribution in [3.8, 4) is 0 Å². The van der Waals surface area contributed by atoms with E-state index >= 15 is 0 Å². The van der Waals surface area contributed by atoms with Crippen LogP contribution in [0, 0.1) is 36.4 Å². The molecule has 1 rings (SSSR count). The molecule has 3 nitrogen and oxygen atoms in total. The Labute approximate surface area is 100 Å². The molecule has 0 radical (unpaired) electrons. The molecule has 1 atom stereocenters. The number of rotatable bonds is 3. The molecule has 1 aromatic rings. The number of benzene rings is 1. The zero-order chi connectivity index (χ0) is 11.6. The van der Waals surface area contributed by atoms with Gasteiger partial charge in [-0.25, -0.2) is 0 Å². The molecule has 6 heteroatoms. The van der Waals surface area contributed by atoms with Gasteiger partial charge in [0, 0.05) is 0 Å². The van der Waals surface area contributed by atoms with E-state index < -0.39 is 23.6 Å². The molecule has 82 valence electrons. The first-order valence-corrected chi connectivity index (χ1v) is 5.50. The van der Waals surface area contributed by atoms with Crippen molar-refractivity contribution in [3.63, 3.8) is 0 Å². The van der Waals surface area contributed by atoms with Crippen LogP contribution >= 0.6 is 0 Å². The minimum absolute atomic E-state index is 0.0253. The molecule has 0 aliphatic rings. The molecule has 0 spiro atoms. The van der Waals surface area contributed by atoms with Crippen LogP contribution in [0.4, 0.5) is 8.78 Å². The van der Waals surface area contributed by atoms with Crippen molar-refractivity contribution in [2.24, 2.45) is 5.73 Å². The number of aliphatic carboxylic acids is 1. The van der Waals surface area contributed by atoms with Crippen molar-refractivity contribution in [1.82, 2.24) is 0 Å². The molecular formula is C9H8AtF2NO2. The number of hydrogen-bond donors (Lipinski definition) is 2. The van der Waals surface area contributed by atoms with Crippen LogP contribution in [0.5, 0.6) is 0 Å². The van der Waals surface area contributed by atoms with Gasteiger partial charge in [-0.3, -0.25) is 0 Å². The van der Waals surface area contributed by atoms with Crippen LogP contribution < -0.4 is 9.01 Å². The van der Waals surface area contributed by atoms with Crippen molar-refractivity contribution < 1.29 is 43.4 Å². The number of nitrogens with two attached hydrogens (primary N) is 1. The Hall–Kier alpha value is -0.607. The normalized spacial score (nSPS) is 12.5. The Morgan fingerprint density at radius 1 is 1.47 bits per heavy atom. The molecule has 0 unspecified atom stereocenters. The third-order valence-corrected chi connectivity index (χ3v) is 3.22. The fraction of sp³-hybridized carbons (Fsp3) is 0.222. The van der Waals surface area contributed by atoms with Gasteiger partial charge in [0.25, 0.3) is 0 Å². The van der Waals surface area contributed by atoms with Crippen LogP contribution in [0.15, 0.2) is 12.1 Å². The average molecular weight is 411 g/mol. The van der Waals surface area contributed by atoms with Gasteiger partial charge in [0.15, 0.2) is 0 Å². The van der Waals surface area contributed by atoms with E-state index in [1.54, 1.807) is 0 Å². The molecule has 1 aromatic carbocycles. The summed E-state index contributed by atoms with van der Waals surface area (Å²) >= 11 is 0.896. The van der Waals surface area contributed by atoms with Crippen molar-refractivity contribution in [3.05, 3.63) is 29.3 Å². The van der Waals surface area contributed by atoms with Gasteiger partial charge >= 0.3 is 100 Å². The summed E-state index contributed by atoms with van der Waals surface area (Å²) in [7, 11) is 0. The fourth-order valence-corrected chi connectivity index (χ4v) is 1.49. The van der Waals surface area contributed by atoms with Crippen molar-refractivity contribution in [2.75, 3.05) is 0 Å². The van der Waals surface area contributed by atoms with E-state index in [9.17, 15) is 13.6 Å². The molecule has 0 fully saturated rings. The molecule has 0 aromatic heterocycles. The van der Waals surface area contributed by atoms with Crippen molar-refractivity contribution in [1.29, 1.82) is 0 Å². The topological polar surface area (TPSA) is 63.3 Å². The average Bonchev–Trinajstić information content (AvgIpc) is 2.13. The number of hydrogen-bond acceptors (Lipinski definition) is 2. The fourth-order valence-electron chi connectivity index (χ4n) is 1.07. The SMILES string of the molecule is N[C@@H](Cc1cc(F)c([211At])c(F)c1)C(=O)O. The van der Waals surface area contributed by atoms with Crippen LogP contribution in [0.1, 0.15) is 5.56 Å². The molecule has 15 heavy (non-hydrogen) atoms. The second kappa shape index (κ2) is 4.95. The second-order valence-corrected chi connectivity index (χ2v) is 4.49. The zero-order valence-electron chi connectivity index (χ0n) is 7.51. The maximum absolute atomic E-state index is 13.1. The standard InChI is InChI=1S/C9H8AtF2NO2/c10-8-5(11)1-4(2-6(8)12)3-7(13)9(14)15/h1-2,7H,3,13H2,(H,14,15)/t7-/m0/s1/i10+1. The summed E-state index contributed by atoms with van der Waals surface area (Å²) in [5.41, 5.74) is 5.50. The van der Waals surface area contributed by atoms with Gasteiger partial charge < -0.3 is 0 Å². The summed E-state index contributed by atoms with van der Waals surface area (Å²) in [6, 6.07) is 1.08. The first kappa shape index (κ1) is 12.5. The Morgan fingerprint density at radius 3 is 2.33 bits per heavy atom. The van der Waals surface area contributed by atoms with Crippen LogP contribution in [-0.2, 0) is 11.2 Å². The van der Waals surface area contributed by atoms with Gasteiger partial charge in [0.05, 0.1) is 0 Å². The van der Waals surface area contributed by atoms with E-state index in [4.69, 9.17) is 10.8 Å². The van der Waals surface area contributed by atoms with E-state index in [1.165, 1.54) is 0 Å². The molecule has 0 amide bonds. The summed E-state index contributed by atoms with van der Waals surface area (Å²) in [5, 5.41) is 8.53. The van der Waals surface area contributed by atoms with Gasteiger partial charge in [-0.15, -0.1) is 0 Å². The summed E-state index contributed by atoms with van der Waals surface area (Å²) in [4.78, 5) is 10.4. The van der Waals surface area contributed by atoms with E-state index in [-0.39, 0.29) is 15.3 Å². The van der Waals surface area contributed by atoms with E-state index in [0.717, 1.165) is 36.9 Å². The third kappa shape index (κ3) is 3.18. The quantitative estimate of drug-likeness (QED) is 0.742. The van der Waals surface area contributed by atoms with E-state index in [2.05, 4.69) is 0 Å². The summed E-state index contributed by atoms with van der Waals surface area (Å²) < 4.78 is 26.1. The molecular weight excluding hydrogens is 403 g/mol. The predicted molar refractivity (Wildman–Crippen MR) is 45.3 cm³/mol. The minimum atomic E-state index is -1.19. The van der Waals surface area contributed by atoms with E-state index in [0.29, 0.717) is 0 Å². The zero-order valence-corrected chi connectivity index (χ0v) is 10.4. The number of halogens is 2. The molecule has 0 bridgehead atoms. The van der Waals surface area contributed by atoms with Crippen molar-refractivity contribution in [2.45, 2.75) is 12.5 Å². The van der Waals surface area contributed by atoms with Crippen molar-refractivity contribution >= 4 is 9.24 Å². The summed E-state index contributed by atoms with van der Waals surface area (Å²) in [6.45, 7) is 0. The molecule has 3 N–H and O–H groups in total. The van der Waals surface area contributed by atoms with Gasteiger partial charge in [0.2, 0.25) is 0 Å². The summed E-state index contributed by atoms with van der Waals surface area (Å²) in [5.74, 6) is -2.53. The number of carboxylic acids is 1. The van der Waals surface area contributed by atoms with Crippen LogP contribution in [0.2, 0.25) is 0 Å². The van der Waals surface area contributed by atoms with Crippen LogP contribution in [-0.4, -0.2) is 17.1 Å². The van der Waals surface area contributed by atoms with Gasteiger partial charge in [-0.05, 0) is 0 Å². The first-order chi connectivity index (χ1) is 6.91. The molecule has 0 aliphatic carbocycles. The third-order valence-electron chi connectivity index (χ3n) is 1.82.